The van der Waals surface area contributed by atoms with Crippen molar-refractivity contribution in [3.63, 3.8) is 0 Å². The van der Waals surface area contributed by atoms with Gasteiger partial charge < -0.3 is 0 Å². The minimum absolute atomic E-state index is 0.506. The van der Waals surface area contributed by atoms with E-state index in [0.29, 0.717) is 17.1 Å². The molecule has 0 aliphatic heterocycles. The van der Waals surface area contributed by atoms with Gasteiger partial charge >= 0.3 is 0 Å². The van der Waals surface area contributed by atoms with Gasteiger partial charge in [0.2, 0.25) is 4.77 Å². The Hall–Kier alpha value is -2.05. The highest BCUT2D eigenvalue weighted by molar-refractivity contribution is 7.71. The molecule has 0 saturated heterocycles. The van der Waals surface area contributed by atoms with Crippen molar-refractivity contribution < 1.29 is 0 Å². The smallest absolute Gasteiger partial charge is 0.216 e. The number of H-pyrrole nitrogens is 1. The van der Waals surface area contributed by atoms with Crippen LogP contribution in [0.15, 0.2) is 46.9 Å². The third-order valence-electron chi connectivity index (χ3n) is 3.56. The average Bonchev–Trinajstić information content (AvgIpc) is 3.17. The number of aromatic nitrogens is 3. The minimum Gasteiger partial charge on any atom is -0.250 e. The summed E-state index contributed by atoms with van der Waals surface area (Å²) < 4.78 is 2.19. The van der Waals surface area contributed by atoms with E-state index in [2.05, 4.69) is 64.9 Å². The maximum atomic E-state index is 5.27. The van der Waals surface area contributed by atoms with Gasteiger partial charge in [-0.1, -0.05) is 44.2 Å². The summed E-state index contributed by atoms with van der Waals surface area (Å²) in [4.78, 5) is 1.23. The molecule has 23 heavy (non-hydrogen) atoms. The van der Waals surface area contributed by atoms with Crippen LogP contribution in [0.25, 0.3) is 0 Å². The summed E-state index contributed by atoms with van der Waals surface area (Å²) in [6.07, 6.45) is 2.53. The molecule has 0 saturated carbocycles. The Kier molecular flexibility index (Phi) is 4.83. The van der Waals surface area contributed by atoms with E-state index in [9.17, 15) is 0 Å². The molecule has 0 radical (unpaired) electrons. The van der Waals surface area contributed by atoms with Crippen molar-refractivity contribution in [2.75, 3.05) is 0 Å². The average molecular weight is 342 g/mol. The summed E-state index contributed by atoms with van der Waals surface area (Å²) in [7, 11) is 0. The summed E-state index contributed by atoms with van der Waals surface area (Å²) >= 11 is 6.97. The SMILES string of the molecule is CC(C)c1ccc(/C=N\n2c(Cc3cccs3)n[nH]c2=S)cc1. The van der Waals surface area contributed by atoms with Crippen LogP contribution in [0.1, 0.15) is 41.6 Å². The van der Waals surface area contributed by atoms with Gasteiger partial charge in [0.15, 0.2) is 5.82 Å². The van der Waals surface area contributed by atoms with Crippen molar-refractivity contribution in [2.45, 2.75) is 26.2 Å². The van der Waals surface area contributed by atoms with Crippen LogP contribution in [0.5, 0.6) is 0 Å². The van der Waals surface area contributed by atoms with Gasteiger partial charge in [0.25, 0.3) is 0 Å². The van der Waals surface area contributed by atoms with Crippen LogP contribution in [-0.4, -0.2) is 21.1 Å². The standard InChI is InChI=1S/C17H18N4S2/c1-12(2)14-7-5-13(6-8-14)11-18-21-16(19-20-17(21)22)10-15-4-3-9-23-15/h3-9,11-12H,10H2,1-2H3,(H,20,22)/b18-11-. The molecule has 1 N–H and O–H groups in total. The molecule has 3 rings (SSSR count). The Bertz CT molecular complexity index is 840. The van der Waals surface area contributed by atoms with Crippen LogP contribution >= 0.6 is 23.6 Å². The maximum absolute atomic E-state index is 5.27. The quantitative estimate of drug-likeness (QED) is 0.544. The van der Waals surface area contributed by atoms with Gasteiger partial charge in [-0.15, -0.1) is 11.3 Å². The van der Waals surface area contributed by atoms with Crippen LogP contribution in [0.4, 0.5) is 0 Å². The molecule has 0 bridgehead atoms. The Morgan fingerprint density at radius 1 is 1.30 bits per heavy atom. The highest BCUT2D eigenvalue weighted by Gasteiger charge is 2.07. The molecule has 118 valence electrons. The number of nitrogens with zero attached hydrogens (tertiary/aromatic N) is 3. The topological polar surface area (TPSA) is 46.0 Å². The van der Waals surface area contributed by atoms with Gasteiger partial charge in [-0.3, -0.25) is 5.10 Å². The van der Waals surface area contributed by atoms with Crippen molar-refractivity contribution >= 4 is 29.8 Å². The fourth-order valence-electron chi connectivity index (χ4n) is 2.22. The second-order valence-electron chi connectivity index (χ2n) is 5.58. The first-order chi connectivity index (χ1) is 11.1. The summed E-state index contributed by atoms with van der Waals surface area (Å²) in [6.45, 7) is 4.37. The van der Waals surface area contributed by atoms with Crippen LogP contribution in [0.3, 0.4) is 0 Å². The zero-order valence-corrected chi connectivity index (χ0v) is 14.7. The molecule has 0 aliphatic carbocycles. The monoisotopic (exact) mass is 342 g/mol. The molecule has 0 fully saturated rings. The van der Waals surface area contributed by atoms with Gasteiger partial charge in [0, 0.05) is 11.3 Å². The van der Waals surface area contributed by atoms with Gasteiger partial charge in [0.05, 0.1) is 6.21 Å². The molecule has 2 heterocycles. The molecule has 0 spiro atoms. The van der Waals surface area contributed by atoms with E-state index in [4.69, 9.17) is 12.2 Å². The summed E-state index contributed by atoms with van der Waals surface area (Å²) in [5, 5.41) is 13.6. The van der Waals surface area contributed by atoms with E-state index in [1.54, 1.807) is 16.0 Å². The number of aromatic amines is 1. The lowest BCUT2D eigenvalue weighted by atomic mass is 10.0. The summed E-state index contributed by atoms with van der Waals surface area (Å²) in [6, 6.07) is 12.5. The van der Waals surface area contributed by atoms with E-state index in [0.717, 1.165) is 11.4 Å². The minimum atomic E-state index is 0.506. The van der Waals surface area contributed by atoms with E-state index < -0.39 is 0 Å². The number of thiophene rings is 1. The summed E-state index contributed by atoms with van der Waals surface area (Å²) in [5.74, 6) is 1.34. The van der Waals surface area contributed by atoms with E-state index in [1.165, 1.54) is 10.4 Å². The molecule has 6 heteroatoms. The van der Waals surface area contributed by atoms with Crippen molar-refractivity contribution in [1.29, 1.82) is 0 Å². The van der Waals surface area contributed by atoms with Gasteiger partial charge in [-0.05, 0) is 40.7 Å². The van der Waals surface area contributed by atoms with Crippen LogP contribution in [0.2, 0.25) is 0 Å². The van der Waals surface area contributed by atoms with E-state index >= 15 is 0 Å². The fraction of sp³-hybridized carbons (Fsp3) is 0.235. The number of nitrogens with one attached hydrogen (secondary N) is 1. The molecule has 2 aromatic heterocycles. The zero-order valence-electron chi connectivity index (χ0n) is 13.1. The maximum Gasteiger partial charge on any atom is 0.216 e. The molecule has 0 aliphatic rings. The first kappa shape index (κ1) is 15.8. The van der Waals surface area contributed by atoms with Gasteiger partial charge in [0.1, 0.15) is 0 Å². The van der Waals surface area contributed by atoms with E-state index in [-0.39, 0.29) is 0 Å². The molecule has 0 atom stereocenters. The fourth-order valence-corrected chi connectivity index (χ4v) is 3.12. The molecule has 0 unspecified atom stereocenters. The van der Waals surface area contributed by atoms with Gasteiger partial charge in [-0.2, -0.15) is 14.9 Å². The normalized spacial score (nSPS) is 11.6. The van der Waals surface area contributed by atoms with Crippen molar-refractivity contribution in [3.8, 4) is 0 Å². The third-order valence-corrected chi connectivity index (χ3v) is 4.70. The Morgan fingerprint density at radius 2 is 2.09 bits per heavy atom. The third kappa shape index (κ3) is 3.83. The number of rotatable bonds is 5. The zero-order chi connectivity index (χ0) is 16.2. The highest BCUT2D eigenvalue weighted by atomic mass is 32.1. The lowest BCUT2D eigenvalue weighted by Gasteiger charge is -2.04. The largest absolute Gasteiger partial charge is 0.250 e. The molecule has 4 nitrogen and oxygen atoms in total. The van der Waals surface area contributed by atoms with E-state index in [1.807, 2.05) is 12.3 Å². The lowest BCUT2D eigenvalue weighted by Crippen LogP contribution is -1.99. The van der Waals surface area contributed by atoms with Crippen LogP contribution in [-0.2, 0) is 6.42 Å². The van der Waals surface area contributed by atoms with Crippen molar-refractivity contribution in [2.24, 2.45) is 5.10 Å². The number of hydrogen-bond donors (Lipinski definition) is 1. The predicted octanol–water partition coefficient (Wildman–Crippen LogP) is 4.60. The Balaban J connectivity index is 1.82. The Morgan fingerprint density at radius 3 is 2.74 bits per heavy atom. The molecular weight excluding hydrogens is 324 g/mol. The van der Waals surface area contributed by atoms with Crippen molar-refractivity contribution in [3.05, 3.63) is 68.4 Å². The number of benzene rings is 1. The molecule has 3 aromatic rings. The van der Waals surface area contributed by atoms with Crippen LogP contribution < -0.4 is 0 Å². The second-order valence-corrected chi connectivity index (χ2v) is 7.00. The second kappa shape index (κ2) is 7.02. The van der Waals surface area contributed by atoms with Crippen LogP contribution in [0, 0.1) is 4.77 Å². The first-order valence-electron chi connectivity index (χ1n) is 7.46. The highest BCUT2D eigenvalue weighted by Crippen LogP contribution is 2.15. The molecule has 1 aromatic carbocycles. The van der Waals surface area contributed by atoms with Gasteiger partial charge in [-0.25, -0.2) is 0 Å². The summed E-state index contributed by atoms with van der Waals surface area (Å²) in [5.41, 5.74) is 2.36. The first-order valence-corrected chi connectivity index (χ1v) is 8.75. The predicted molar refractivity (Wildman–Crippen MR) is 98.1 cm³/mol. The lowest BCUT2D eigenvalue weighted by molar-refractivity contribution is 0.795. The van der Waals surface area contributed by atoms with Crippen molar-refractivity contribution in [1.82, 2.24) is 14.9 Å². The number of hydrogen-bond acceptors (Lipinski definition) is 4. The molecule has 0 amide bonds. The Labute approximate surface area is 144 Å². The molecular formula is C17H18N4S2.